The summed E-state index contributed by atoms with van der Waals surface area (Å²) in [6.07, 6.45) is 9.06. The van der Waals surface area contributed by atoms with E-state index in [4.69, 9.17) is 4.52 Å². The lowest BCUT2D eigenvalue weighted by atomic mass is 9.96. The number of hydrogen-bond acceptors (Lipinski definition) is 5. The van der Waals surface area contributed by atoms with Gasteiger partial charge in [-0.1, -0.05) is 53.9 Å². The first-order valence-electron chi connectivity index (χ1n) is 11.9. The summed E-state index contributed by atoms with van der Waals surface area (Å²) in [5, 5.41) is 3.92. The standard InChI is InChI=1S/C25H33N3O4S/c1-19-7-9-21(10-8-19)11-12-23-24(20(2)26-32-23)33(30,31)28-17-13-22(14-18-28)25(29)27-15-5-3-4-6-16-27/h7-12,22H,3-6,13-18H2,1-2H3. The molecule has 0 radical (unpaired) electrons. The van der Waals surface area contributed by atoms with Crippen molar-refractivity contribution in [3.05, 3.63) is 46.8 Å². The minimum Gasteiger partial charge on any atom is -0.355 e. The Labute approximate surface area is 196 Å². The van der Waals surface area contributed by atoms with Gasteiger partial charge in [-0.3, -0.25) is 4.79 Å². The number of benzene rings is 1. The Hall–Kier alpha value is -2.45. The van der Waals surface area contributed by atoms with Gasteiger partial charge in [0.1, 0.15) is 5.69 Å². The molecule has 0 atom stereocenters. The van der Waals surface area contributed by atoms with E-state index >= 15 is 0 Å². The van der Waals surface area contributed by atoms with Gasteiger partial charge < -0.3 is 9.42 Å². The molecule has 0 bridgehead atoms. The van der Waals surface area contributed by atoms with Gasteiger partial charge in [-0.15, -0.1) is 0 Å². The van der Waals surface area contributed by atoms with Crippen LogP contribution in [0.2, 0.25) is 0 Å². The molecule has 0 unspecified atom stereocenters. The van der Waals surface area contributed by atoms with E-state index in [1.165, 1.54) is 17.1 Å². The number of likely N-dealkylation sites (tertiary alicyclic amines) is 1. The third kappa shape index (κ3) is 5.38. The summed E-state index contributed by atoms with van der Waals surface area (Å²) in [6.45, 7) is 5.98. The van der Waals surface area contributed by atoms with Crippen molar-refractivity contribution in [1.29, 1.82) is 0 Å². The first-order chi connectivity index (χ1) is 15.9. The first-order valence-corrected chi connectivity index (χ1v) is 13.3. The predicted octanol–water partition coefficient (Wildman–Crippen LogP) is 4.27. The van der Waals surface area contributed by atoms with E-state index in [-0.39, 0.29) is 22.5 Å². The van der Waals surface area contributed by atoms with Gasteiger partial charge in [-0.05, 0) is 51.2 Å². The number of nitrogens with zero attached hydrogens (tertiary/aromatic N) is 3. The van der Waals surface area contributed by atoms with Crippen molar-refractivity contribution >= 4 is 28.1 Å². The number of sulfonamides is 1. The molecule has 3 heterocycles. The Morgan fingerprint density at radius 1 is 0.970 bits per heavy atom. The molecule has 33 heavy (non-hydrogen) atoms. The molecule has 7 nitrogen and oxygen atoms in total. The molecule has 1 aromatic carbocycles. The maximum absolute atomic E-state index is 13.5. The summed E-state index contributed by atoms with van der Waals surface area (Å²) in [6, 6.07) is 7.94. The van der Waals surface area contributed by atoms with Crippen molar-refractivity contribution < 1.29 is 17.7 Å². The van der Waals surface area contributed by atoms with Gasteiger partial charge in [-0.2, -0.15) is 4.31 Å². The van der Waals surface area contributed by atoms with E-state index in [1.807, 2.05) is 42.2 Å². The lowest BCUT2D eigenvalue weighted by molar-refractivity contribution is -0.136. The molecule has 2 aliphatic heterocycles. The molecule has 1 amide bonds. The topological polar surface area (TPSA) is 83.7 Å². The first kappa shape index (κ1) is 23.7. The number of amides is 1. The fraction of sp³-hybridized carbons (Fsp3) is 0.520. The SMILES string of the molecule is Cc1ccc(C=Cc2onc(C)c2S(=O)(=O)N2CCC(C(=O)N3CCCCCC3)CC2)cc1. The molecule has 178 valence electrons. The molecule has 4 rings (SSSR count). The lowest BCUT2D eigenvalue weighted by Gasteiger charge is -2.33. The Balaban J connectivity index is 1.45. The second-order valence-electron chi connectivity index (χ2n) is 9.12. The Kier molecular flexibility index (Phi) is 7.34. The normalized spacial score (nSPS) is 19.2. The highest BCUT2D eigenvalue weighted by atomic mass is 32.2. The van der Waals surface area contributed by atoms with E-state index < -0.39 is 10.0 Å². The van der Waals surface area contributed by atoms with Crippen molar-refractivity contribution in [1.82, 2.24) is 14.4 Å². The third-order valence-corrected chi connectivity index (χ3v) is 8.71. The van der Waals surface area contributed by atoms with Gasteiger partial charge >= 0.3 is 0 Å². The van der Waals surface area contributed by atoms with Crippen LogP contribution >= 0.6 is 0 Å². The summed E-state index contributed by atoms with van der Waals surface area (Å²) >= 11 is 0. The smallest absolute Gasteiger partial charge is 0.248 e. The Morgan fingerprint density at radius 2 is 1.61 bits per heavy atom. The third-order valence-electron chi connectivity index (χ3n) is 6.66. The number of rotatable bonds is 5. The van der Waals surface area contributed by atoms with Crippen molar-refractivity contribution in [3.8, 4) is 0 Å². The minimum atomic E-state index is -3.77. The van der Waals surface area contributed by atoms with E-state index in [0.29, 0.717) is 31.6 Å². The van der Waals surface area contributed by atoms with Gasteiger partial charge in [-0.25, -0.2) is 8.42 Å². The number of carbonyl (C=O) groups is 1. The fourth-order valence-corrected chi connectivity index (χ4v) is 6.39. The number of carbonyl (C=O) groups excluding carboxylic acids is 1. The molecule has 2 saturated heterocycles. The molecule has 2 aromatic rings. The summed E-state index contributed by atoms with van der Waals surface area (Å²) in [5.41, 5.74) is 2.45. The molecule has 8 heteroatoms. The van der Waals surface area contributed by atoms with Crippen LogP contribution < -0.4 is 0 Å². The van der Waals surface area contributed by atoms with Crippen LogP contribution in [-0.2, 0) is 14.8 Å². The van der Waals surface area contributed by atoms with Gasteiger partial charge in [0.15, 0.2) is 10.7 Å². The molecule has 0 aliphatic carbocycles. The average molecular weight is 472 g/mol. The molecule has 1 aromatic heterocycles. The fourth-order valence-electron chi connectivity index (χ4n) is 4.67. The van der Waals surface area contributed by atoms with Gasteiger partial charge in [0.05, 0.1) is 0 Å². The number of piperidine rings is 1. The van der Waals surface area contributed by atoms with E-state index in [0.717, 1.165) is 37.1 Å². The van der Waals surface area contributed by atoms with Crippen LogP contribution in [0.15, 0.2) is 33.7 Å². The summed E-state index contributed by atoms with van der Waals surface area (Å²) in [7, 11) is -3.77. The van der Waals surface area contributed by atoms with Crippen molar-refractivity contribution in [3.63, 3.8) is 0 Å². The van der Waals surface area contributed by atoms with E-state index in [9.17, 15) is 13.2 Å². The van der Waals surface area contributed by atoms with Crippen molar-refractivity contribution in [2.75, 3.05) is 26.2 Å². The maximum Gasteiger partial charge on any atom is 0.248 e. The minimum absolute atomic E-state index is 0.0981. The van der Waals surface area contributed by atoms with Crippen LogP contribution in [0.4, 0.5) is 0 Å². The zero-order chi connectivity index (χ0) is 23.4. The Bertz CT molecular complexity index is 1090. The number of aryl methyl sites for hydroxylation is 2. The molecule has 2 aliphatic rings. The van der Waals surface area contributed by atoms with Crippen LogP contribution in [0.1, 0.15) is 61.1 Å². The molecule has 0 saturated carbocycles. The number of aromatic nitrogens is 1. The van der Waals surface area contributed by atoms with Crippen molar-refractivity contribution in [2.24, 2.45) is 5.92 Å². The average Bonchev–Trinajstić information content (AvgIpc) is 3.01. The zero-order valence-electron chi connectivity index (χ0n) is 19.5. The van der Waals surface area contributed by atoms with E-state index in [1.54, 1.807) is 13.0 Å². The monoisotopic (exact) mass is 471 g/mol. The highest BCUT2D eigenvalue weighted by Crippen LogP contribution is 2.30. The Morgan fingerprint density at radius 3 is 2.24 bits per heavy atom. The summed E-state index contributed by atoms with van der Waals surface area (Å²) < 4.78 is 33.8. The molecule has 0 spiro atoms. The lowest BCUT2D eigenvalue weighted by Crippen LogP contribution is -2.44. The van der Waals surface area contributed by atoms with E-state index in [2.05, 4.69) is 5.16 Å². The molecule has 0 N–H and O–H groups in total. The highest BCUT2D eigenvalue weighted by molar-refractivity contribution is 7.89. The number of hydrogen-bond donors (Lipinski definition) is 0. The zero-order valence-corrected chi connectivity index (χ0v) is 20.3. The quantitative estimate of drug-likeness (QED) is 0.650. The second kappa shape index (κ2) is 10.2. The second-order valence-corrected chi connectivity index (χ2v) is 11.0. The van der Waals surface area contributed by atoms with Crippen LogP contribution in [0.3, 0.4) is 0 Å². The highest BCUT2D eigenvalue weighted by Gasteiger charge is 2.36. The van der Waals surface area contributed by atoms with Crippen LogP contribution in [0, 0.1) is 19.8 Å². The van der Waals surface area contributed by atoms with Crippen LogP contribution in [0.25, 0.3) is 12.2 Å². The molecule has 2 fully saturated rings. The van der Waals surface area contributed by atoms with Gasteiger partial charge in [0.2, 0.25) is 15.9 Å². The van der Waals surface area contributed by atoms with Crippen LogP contribution in [-0.4, -0.2) is 54.9 Å². The van der Waals surface area contributed by atoms with Crippen molar-refractivity contribution in [2.45, 2.75) is 57.3 Å². The summed E-state index contributed by atoms with van der Waals surface area (Å²) in [5.74, 6) is 0.326. The van der Waals surface area contributed by atoms with Gasteiger partial charge in [0, 0.05) is 32.1 Å². The molecular weight excluding hydrogens is 438 g/mol. The maximum atomic E-state index is 13.5. The largest absolute Gasteiger partial charge is 0.355 e. The van der Waals surface area contributed by atoms with Gasteiger partial charge in [0.25, 0.3) is 0 Å². The predicted molar refractivity (Wildman–Crippen MR) is 128 cm³/mol. The summed E-state index contributed by atoms with van der Waals surface area (Å²) in [4.78, 5) is 15.1. The molecular formula is C25H33N3O4S. The van der Waals surface area contributed by atoms with Crippen LogP contribution in [0.5, 0.6) is 0 Å².